The van der Waals surface area contributed by atoms with Crippen LogP contribution in [0, 0.1) is 5.92 Å². The van der Waals surface area contributed by atoms with E-state index in [0.717, 1.165) is 36.6 Å². The number of amides is 1. The standard InChI is InChI=1S/C15H19BrN2O3/c16-10-6-7-11(14(17)19)12(8-10)18-13(15(20)21)9-4-2-1-3-5-9/h6-9,13,18H,1-5H2,(H2,17,19)(H,20,21). The van der Waals surface area contributed by atoms with E-state index >= 15 is 0 Å². The van der Waals surface area contributed by atoms with Gasteiger partial charge in [-0.1, -0.05) is 35.2 Å². The van der Waals surface area contributed by atoms with Gasteiger partial charge in [-0.25, -0.2) is 4.79 Å². The Labute approximate surface area is 132 Å². The summed E-state index contributed by atoms with van der Waals surface area (Å²) >= 11 is 3.33. The Balaban J connectivity index is 2.26. The van der Waals surface area contributed by atoms with Crippen LogP contribution in [0.3, 0.4) is 0 Å². The van der Waals surface area contributed by atoms with Crippen LogP contribution in [-0.2, 0) is 4.79 Å². The summed E-state index contributed by atoms with van der Waals surface area (Å²) in [5.41, 5.74) is 6.13. The summed E-state index contributed by atoms with van der Waals surface area (Å²) < 4.78 is 0.766. The molecule has 0 heterocycles. The van der Waals surface area contributed by atoms with Gasteiger partial charge in [0.2, 0.25) is 0 Å². The molecule has 4 N–H and O–H groups in total. The zero-order valence-electron chi connectivity index (χ0n) is 11.6. The first-order valence-corrected chi connectivity index (χ1v) is 7.87. The fraction of sp³-hybridized carbons (Fsp3) is 0.467. The molecule has 1 saturated carbocycles. The lowest BCUT2D eigenvalue weighted by Gasteiger charge is -2.29. The number of nitrogens with one attached hydrogen (secondary N) is 1. The van der Waals surface area contributed by atoms with Crippen LogP contribution < -0.4 is 11.1 Å². The van der Waals surface area contributed by atoms with Crippen molar-refractivity contribution in [1.82, 2.24) is 0 Å². The molecule has 0 bridgehead atoms. The van der Waals surface area contributed by atoms with E-state index in [4.69, 9.17) is 5.73 Å². The molecule has 1 unspecified atom stereocenters. The minimum atomic E-state index is -0.891. The molecule has 0 saturated heterocycles. The molecule has 5 nitrogen and oxygen atoms in total. The second-order valence-corrected chi connectivity index (χ2v) is 6.33. The van der Waals surface area contributed by atoms with Crippen LogP contribution in [0.5, 0.6) is 0 Å². The molecule has 0 spiro atoms. The van der Waals surface area contributed by atoms with Crippen molar-refractivity contribution in [2.75, 3.05) is 5.32 Å². The maximum absolute atomic E-state index is 11.6. The summed E-state index contributed by atoms with van der Waals surface area (Å²) in [4.78, 5) is 23.1. The van der Waals surface area contributed by atoms with Gasteiger partial charge in [-0.3, -0.25) is 4.79 Å². The Morgan fingerprint density at radius 3 is 2.52 bits per heavy atom. The van der Waals surface area contributed by atoms with E-state index in [9.17, 15) is 14.7 Å². The van der Waals surface area contributed by atoms with Crippen molar-refractivity contribution < 1.29 is 14.7 Å². The number of carboxylic acid groups (broad SMARTS) is 1. The predicted octanol–water partition coefficient (Wildman–Crippen LogP) is 2.99. The van der Waals surface area contributed by atoms with Gasteiger partial charge in [0, 0.05) is 10.2 Å². The van der Waals surface area contributed by atoms with Crippen LogP contribution in [0.15, 0.2) is 22.7 Å². The molecule has 1 aliphatic carbocycles. The Bertz CT molecular complexity index is 542. The number of hydrogen-bond donors (Lipinski definition) is 3. The molecule has 1 aromatic carbocycles. The summed E-state index contributed by atoms with van der Waals surface area (Å²) in [7, 11) is 0. The molecule has 0 aromatic heterocycles. The van der Waals surface area contributed by atoms with Crippen LogP contribution in [0.25, 0.3) is 0 Å². The van der Waals surface area contributed by atoms with E-state index in [1.165, 1.54) is 0 Å². The Morgan fingerprint density at radius 2 is 1.95 bits per heavy atom. The Hall–Kier alpha value is -1.56. The highest BCUT2D eigenvalue weighted by atomic mass is 79.9. The van der Waals surface area contributed by atoms with Gasteiger partial charge in [0.05, 0.1) is 5.56 Å². The molecule has 1 fully saturated rings. The lowest BCUT2D eigenvalue weighted by molar-refractivity contribution is -0.139. The summed E-state index contributed by atoms with van der Waals surface area (Å²) in [6.45, 7) is 0. The molecule has 114 valence electrons. The number of carbonyl (C=O) groups excluding carboxylic acids is 1. The van der Waals surface area contributed by atoms with Gasteiger partial charge in [0.15, 0.2) is 0 Å². The molecule has 1 aliphatic rings. The molecular weight excluding hydrogens is 336 g/mol. The number of carboxylic acids is 1. The average molecular weight is 355 g/mol. The van der Waals surface area contributed by atoms with Gasteiger partial charge >= 0.3 is 5.97 Å². The highest BCUT2D eigenvalue weighted by Gasteiger charge is 2.30. The minimum absolute atomic E-state index is 0.0796. The number of rotatable bonds is 5. The lowest BCUT2D eigenvalue weighted by atomic mass is 9.83. The zero-order valence-corrected chi connectivity index (χ0v) is 13.2. The van der Waals surface area contributed by atoms with Gasteiger partial charge in [-0.05, 0) is 37.0 Å². The van der Waals surface area contributed by atoms with Crippen molar-refractivity contribution in [1.29, 1.82) is 0 Å². The topological polar surface area (TPSA) is 92.4 Å². The molecule has 2 rings (SSSR count). The first-order chi connectivity index (χ1) is 9.99. The first-order valence-electron chi connectivity index (χ1n) is 7.07. The maximum atomic E-state index is 11.6. The van der Waals surface area contributed by atoms with Crippen molar-refractivity contribution >= 4 is 33.5 Å². The third-order valence-corrected chi connectivity index (χ3v) is 4.44. The molecular formula is C15H19BrN2O3. The normalized spacial score (nSPS) is 17.2. The third-order valence-electron chi connectivity index (χ3n) is 3.95. The van der Waals surface area contributed by atoms with Crippen LogP contribution in [0.4, 0.5) is 5.69 Å². The highest BCUT2D eigenvalue weighted by molar-refractivity contribution is 9.10. The van der Waals surface area contributed by atoms with Crippen molar-refractivity contribution in [3.8, 4) is 0 Å². The minimum Gasteiger partial charge on any atom is -0.480 e. The number of hydrogen-bond acceptors (Lipinski definition) is 3. The van der Waals surface area contributed by atoms with E-state index < -0.39 is 17.9 Å². The monoisotopic (exact) mass is 354 g/mol. The fourth-order valence-electron chi connectivity index (χ4n) is 2.87. The molecule has 0 aliphatic heterocycles. The summed E-state index contributed by atoms with van der Waals surface area (Å²) in [5.74, 6) is -1.38. The molecule has 1 aromatic rings. The largest absolute Gasteiger partial charge is 0.480 e. The highest BCUT2D eigenvalue weighted by Crippen LogP contribution is 2.30. The lowest BCUT2D eigenvalue weighted by Crippen LogP contribution is -2.38. The van der Waals surface area contributed by atoms with Crippen molar-refractivity contribution in [2.45, 2.75) is 38.1 Å². The van der Waals surface area contributed by atoms with Crippen LogP contribution in [0.2, 0.25) is 0 Å². The van der Waals surface area contributed by atoms with Crippen LogP contribution in [0.1, 0.15) is 42.5 Å². The van der Waals surface area contributed by atoms with Gasteiger partial charge < -0.3 is 16.2 Å². The third kappa shape index (κ3) is 3.97. The molecule has 1 atom stereocenters. The zero-order chi connectivity index (χ0) is 15.4. The predicted molar refractivity (Wildman–Crippen MR) is 84.3 cm³/mol. The number of halogens is 1. The molecule has 0 radical (unpaired) electrons. The van der Waals surface area contributed by atoms with Gasteiger partial charge in [-0.2, -0.15) is 0 Å². The van der Waals surface area contributed by atoms with Crippen LogP contribution in [-0.4, -0.2) is 23.0 Å². The number of anilines is 1. The number of nitrogens with two attached hydrogens (primary N) is 1. The van der Waals surface area contributed by atoms with Gasteiger partial charge in [0.1, 0.15) is 6.04 Å². The molecule has 6 heteroatoms. The maximum Gasteiger partial charge on any atom is 0.326 e. The van der Waals surface area contributed by atoms with E-state index in [1.54, 1.807) is 18.2 Å². The molecule has 1 amide bonds. The second-order valence-electron chi connectivity index (χ2n) is 5.41. The summed E-state index contributed by atoms with van der Waals surface area (Å²) in [6, 6.07) is 4.30. The average Bonchev–Trinajstić information content (AvgIpc) is 2.45. The summed E-state index contributed by atoms with van der Waals surface area (Å²) in [5, 5.41) is 12.5. The van der Waals surface area contributed by atoms with Gasteiger partial charge in [0.25, 0.3) is 5.91 Å². The van der Waals surface area contributed by atoms with E-state index in [-0.39, 0.29) is 5.92 Å². The van der Waals surface area contributed by atoms with E-state index in [0.29, 0.717) is 11.3 Å². The van der Waals surface area contributed by atoms with Crippen molar-refractivity contribution in [3.05, 3.63) is 28.2 Å². The Morgan fingerprint density at radius 1 is 1.29 bits per heavy atom. The number of aliphatic carboxylic acids is 1. The van der Waals surface area contributed by atoms with Crippen LogP contribution >= 0.6 is 15.9 Å². The number of carbonyl (C=O) groups is 2. The first kappa shape index (κ1) is 15.8. The molecule has 21 heavy (non-hydrogen) atoms. The Kier molecular flexibility index (Phi) is 5.22. The second kappa shape index (κ2) is 6.93. The number of benzene rings is 1. The van der Waals surface area contributed by atoms with Crippen molar-refractivity contribution in [2.24, 2.45) is 11.7 Å². The van der Waals surface area contributed by atoms with E-state index in [1.807, 2.05) is 0 Å². The van der Waals surface area contributed by atoms with Gasteiger partial charge in [-0.15, -0.1) is 0 Å². The quantitative estimate of drug-likeness (QED) is 0.757. The summed E-state index contributed by atoms with van der Waals surface area (Å²) in [6.07, 6.45) is 5.05. The number of primary amides is 1. The van der Waals surface area contributed by atoms with E-state index in [2.05, 4.69) is 21.2 Å². The fourth-order valence-corrected chi connectivity index (χ4v) is 3.23. The van der Waals surface area contributed by atoms with Crippen molar-refractivity contribution in [3.63, 3.8) is 0 Å². The smallest absolute Gasteiger partial charge is 0.326 e. The SMILES string of the molecule is NC(=O)c1ccc(Br)cc1NC(C(=O)O)C1CCCCC1.